The van der Waals surface area contributed by atoms with Gasteiger partial charge in [-0.25, -0.2) is 0 Å². The first-order valence-corrected chi connectivity index (χ1v) is 8.82. The van der Waals surface area contributed by atoms with Gasteiger partial charge in [0.15, 0.2) is 0 Å². The van der Waals surface area contributed by atoms with Crippen LogP contribution in [0.15, 0.2) is 54.6 Å². The first kappa shape index (κ1) is 17.0. The van der Waals surface area contributed by atoms with Gasteiger partial charge in [-0.05, 0) is 56.7 Å². The van der Waals surface area contributed by atoms with E-state index in [1.807, 2.05) is 7.05 Å². The Labute approximate surface area is 145 Å². The van der Waals surface area contributed by atoms with Crippen LogP contribution < -0.4 is 10.1 Å². The van der Waals surface area contributed by atoms with Crippen molar-refractivity contribution in [3.05, 3.63) is 65.7 Å². The Bertz CT molecular complexity index is 643. The molecular weight excluding hydrogens is 296 g/mol. The number of likely N-dealkylation sites (N-methyl/N-ethyl adjacent to an activating group) is 2. The van der Waals surface area contributed by atoms with Crippen LogP contribution in [0.4, 0.5) is 0 Å². The Hall–Kier alpha value is -1.84. The van der Waals surface area contributed by atoms with E-state index in [1.165, 1.54) is 17.5 Å². The van der Waals surface area contributed by atoms with E-state index in [-0.39, 0.29) is 5.41 Å². The Kier molecular flexibility index (Phi) is 5.54. The zero-order valence-corrected chi connectivity index (χ0v) is 14.8. The van der Waals surface area contributed by atoms with Crippen molar-refractivity contribution in [2.24, 2.45) is 0 Å². The van der Waals surface area contributed by atoms with Crippen LogP contribution in [0.25, 0.3) is 0 Å². The quantitative estimate of drug-likeness (QED) is 0.792. The molecule has 24 heavy (non-hydrogen) atoms. The van der Waals surface area contributed by atoms with Crippen LogP contribution in [0.2, 0.25) is 0 Å². The maximum absolute atomic E-state index is 5.89. The highest BCUT2D eigenvalue weighted by atomic mass is 16.5. The second-order valence-electron chi connectivity index (χ2n) is 6.91. The van der Waals surface area contributed by atoms with Crippen LogP contribution in [-0.4, -0.2) is 45.2 Å². The van der Waals surface area contributed by atoms with E-state index in [0.29, 0.717) is 6.61 Å². The zero-order valence-electron chi connectivity index (χ0n) is 14.8. The zero-order chi connectivity index (χ0) is 16.8. The van der Waals surface area contributed by atoms with Gasteiger partial charge in [0.05, 0.1) is 0 Å². The Morgan fingerprint density at radius 2 is 1.96 bits per heavy atom. The van der Waals surface area contributed by atoms with Gasteiger partial charge in [-0.3, -0.25) is 0 Å². The number of nitrogens with one attached hydrogen (secondary N) is 1. The minimum atomic E-state index is 0.179. The lowest BCUT2D eigenvalue weighted by Gasteiger charge is -2.30. The highest BCUT2D eigenvalue weighted by Crippen LogP contribution is 2.38. The Balaban J connectivity index is 1.85. The number of hydrogen-bond donors (Lipinski definition) is 1. The van der Waals surface area contributed by atoms with E-state index in [1.54, 1.807) is 0 Å². The van der Waals surface area contributed by atoms with E-state index >= 15 is 0 Å². The molecule has 0 saturated carbocycles. The number of benzene rings is 2. The summed E-state index contributed by atoms with van der Waals surface area (Å²) >= 11 is 0. The second-order valence-corrected chi connectivity index (χ2v) is 6.91. The summed E-state index contributed by atoms with van der Waals surface area (Å²) in [6.07, 6.45) is 2.27. The molecule has 1 aliphatic heterocycles. The average Bonchev–Trinajstić information content (AvgIpc) is 2.98. The summed E-state index contributed by atoms with van der Waals surface area (Å²) in [6, 6.07) is 19.6. The third-order valence-electron chi connectivity index (χ3n) is 5.00. The van der Waals surface area contributed by atoms with Crippen LogP contribution in [-0.2, 0) is 11.8 Å². The molecule has 3 nitrogen and oxygen atoms in total. The summed E-state index contributed by atoms with van der Waals surface area (Å²) in [5.74, 6) is 0.977. The molecule has 1 fully saturated rings. The molecule has 0 aliphatic carbocycles. The fraction of sp³-hybridized carbons (Fsp3) is 0.429. The lowest BCUT2D eigenvalue weighted by atomic mass is 9.75. The van der Waals surface area contributed by atoms with Crippen molar-refractivity contribution in [2.75, 3.05) is 40.3 Å². The first-order valence-electron chi connectivity index (χ1n) is 8.82. The summed E-state index contributed by atoms with van der Waals surface area (Å²) in [6.45, 7) is 3.81. The average molecular weight is 324 g/mol. The monoisotopic (exact) mass is 324 g/mol. The maximum Gasteiger partial charge on any atom is 0.119 e. The maximum atomic E-state index is 5.89. The van der Waals surface area contributed by atoms with Crippen molar-refractivity contribution in [1.82, 2.24) is 10.2 Å². The van der Waals surface area contributed by atoms with Gasteiger partial charge in [0.25, 0.3) is 0 Å². The number of ether oxygens (including phenoxy) is 1. The topological polar surface area (TPSA) is 24.5 Å². The van der Waals surface area contributed by atoms with E-state index in [2.05, 4.69) is 71.9 Å². The molecule has 0 aromatic heterocycles. The van der Waals surface area contributed by atoms with Gasteiger partial charge in [-0.15, -0.1) is 0 Å². The molecular formula is C21H28N2O. The summed E-state index contributed by atoms with van der Waals surface area (Å²) in [5, 5.41) is 3.12. The van der Waals surface area contributed by atoms with E-state index in [0.717, 1.165) is 31.8 Å². The van der Waals surface area contributed by atoms with Crippen molar-refractivity contribution in [3.63, 3.8) is 0 Å². The molecule has 1 saturated heterocycles. The van der Waals surface area contributed by atoms with Crippen LogP contribution in [0.3, 0.4) is 0 Å². The summed E-state index contributed by atoms with van der Waals surface area (Å²) in [5.41, 5.74) is 2.99. The van der Waals surface area contributed by atoms with E-state index in [9.17, 15) is 0 Å². The predicted octanol–water partition coefficient (Wildman–Crippen LogP) is 3.10. The highest BCUT2D eigenvalue weighted by Gasteiger charge is 2.38. The number of rotatable bonds is 7. The molecule has 1 aliphatic rings. The van der Waals surface area contributed by atoms with E-state index in [4.69, 9.17) is 4.74 Å². The number of hydrogen-bond acceptors (Lipinski definition) is 3. The molecule has 0 radical (unpaired) electrons. The lowest BCUT2D eigenvalue weighted by molar-refractivity contribution is 0.316. The van der Waals surface area contributed by atoms with Gasteiger partial charge in [0, 0.05) is 18.5 Å². The first-order chi connectivity index (χ1) is 11.7. The summed E-state index contributed by atoms with van der Waals surface area (Å²) in [7, 11) is 4.17. The van der Waals surface area contributed by atoms with Crippen LogP contribution in [0, 0.1) is 0 Å². The smallest absolute Gasteiger partial charge is 0.119 e. The molecule has 2 aromatic rings. The van der Waals surface area contributed by atoms with Gasteiger partial charge in [0.2, 0.25) is 0 Å². The summed E-state index contributed by atoms with van der Waals surface area (Å²) in [4.78, 5) is 2.44. The largest absolute Gasteiger partial charge is 0.492 e. The van der Waals surface area contributed by atoms with Gasteiger partial charge >= 0.3 is 0 Å². The van der Waals surface area contributed by atoms with Crippen molar-refractivity contribution in [3.8, 4) is 5.75 Å². The molecule has 1 atom stereocenters. The molecule has 3 heteroatoms. The molecule has 1 unspecified atom stereocenters. The highest BCUT2D eigenvalue weighted by molar-refractivity contribution is 5.37. The minimum absolute atomic E-state index is 0.179. The van der Waals surface area contributed by atoms with Crippen LogP contribution in [0.1, 0.15) is 17.5 Å². The minimum Gasteiger partial charge on any atom is -0.492 e. The summed E-state index contributed by atoms with van der Waals surface area (Å²) < 4.78 is 5.89. The van der Waals surface area contributed by atoms with Gasteiger partial charge < -0.3 is 15.0 Å². The van der Waals surface area contributed by atoms with Crippen LogP contribution >= 0.6 is 0 Å². The number of likely N-dealkylation sites (tertiary alicyclic amines) is 1. The molecule has 3 rings (SSSR count). The van der Waals surface area contributed by atoms with Crippen LogP contribution in [0.5, 0.6) is 5.75 Å². The van der Waals surface area contributed by atoms with Crippen molar-refractivity contribution in [1.29, 1.82) is 0 Å². The van der Waals surface area contributed by atoms with Crippen molar-refractivity contribution in [2.45, 2.75) is 18.3 Å². The van der Waals surface area contributed by atoms with Gasteiger partial charge in [-0.2, -0.15) is 0 Å². The fourth-order valence-corrected chi connectivity index (χ4v) is 3.73. The Morgan fingerprint density at radius 1 is 1.12 bits per heavy atom. The molecule has 2 aromatic carbocycles. The lowest BCUT2D eigenvalue weighted by Crippen LogP contribution is -2.32. The number of nitrogens with zero attached hydrogens (tertiary/aromatic N) is 1. The van der Waals surface area contributed by atoms with E-state index < -0.39 is 0 Å². The van der Waals surface area contributed by atoms with Gasteiger partial charge in [0.1, 0.15) is 12.4 Å². The third-order valence-corrected chi connectivity index (χ3v) is 5.00. The molecule has 1 N–H and O–H groups in total. The Morgan fingerprint density at radius 3 is 2.67 bits per heavy atom. The third kappa shape index (κ3) is 3.97. The van der Waals surface area contributed by atoms with Crippen molar-refractivity contribution < 1.29 is 4.74 Å². The normalized spacial score (nSPS) is 21.1. The molecule has 0 bridgehead atoms. The molecule has 1 heterocycles. The fourth-order valence-electron chi connectivity index (χ4n) is 3.73. The molecule has 128 valence electrons. The predicted molar refractivity (Wildman–Crippen MR) is 99.8 cm³/mol. The van der Waals surface area contributed by atoms with Crippen molar-refractivity contribution >= 4 is 0 Å². The molecule has 0 spiro atoms. The van der Waals surface area contributed by atoms with Gasteiger partial charge in [-0.1, -0.05) is 42.5 Å². The second kappa shape index (κ2) is 7.82. The molecule has 0 amide bonds. The SMILES string of the molecule is CNCCOc1cccc(C2(Cc3ccccc3)CCN(C)C2)c1. The standard InChI is InChI=1S/C21H28N2O/c1-22-12-14-24-20-10-6-9-19(15-20)21(11-13-23(2)17-21)16-18-7-4-3-5-8-18/h3-10,15,22H,11-14,16-17H2,1-2H3.